The van der Waals surface area contributed by atoms with Crippen molar-refractivity contribution in [1.82, 2.24) is 10.2 Å². The minimum Gasteiger partial charge on any atom is -0.481 e. The highest BCUT2D eigenvalue weighted by Crippen LogP contribution is 2.09. The van der Waals surface area contributed by atoms with Gasteiger partial charge in [-0.05, 0) is 19.3 Å². The van der Waals surface area contributed by atoms with Gasteiger partial charge in [0, 0.05) is 19.6 Å². The van der Waals surface area contributed by atoms with Gasteiger partial charge >= 0.3 is 12.0 Å². The molecule has 1 aliphatic rings. The van der Waals surface area contributed by atoms with Gasteiger partial charge in [-0.25, -0.2) is 4.79 Å². The third-order valence-corrected chi connectivity index (χ3v) is 3.24. The Labute approximate surface area is 102 Å². The van der Waals surface area contributed by atoms with Gasteiger partial charge in [-0.3, -0.25) is 4.79 Å². The number of carboxylic acid groups (broad SMARTS) is 1. The van der Waals surface area contributed by atoms with Crippen molar-refractivity contribution < 1.29 is 14.7 Å². The molecule has 1 saturated heterocycles. The number of hydrogen-bond acceptors (Lipinski definition) is 2. The van der Waals surface area contributed by atoms with E-state index in [2.05, 4.69) is 5.32 Å². The van der Waals surface area contributed by atoms with Crippen LogP contribution in [-0.2, 0) is 4.79 Å². The summed E-state index contributed by atoms with van der Waals surface area (Å²) in [7, 11) is 0. The third kappa shape index (κ3) is 4.63. The summed E-state index contributed by atoms with van der Waals surface area (Å²) in [6.07, 6.45) is 4.98. The van der Waals surface area contributed by atoms with E-state index in [1.54, 1.807) is 4.90 Å². The fraction of sp³-hybridized carbons (Fsp3) is 0.833. The van der Waals surface area contributed by atoms with Crippen LogP contribution in [0.5, 0.6) is 0 Å². The molecular formula is C12H22N2O3. The SMILES string of the molecule is CCC(CNC(=O)N1CCCCCC1)C(=O)O. The predicted octanol–water partition coefficient (Wildman–Crippen LogP) is 1.68. The molecule has 0 bridgehead atoms. The summed E-state index contributed by atoms with van der Waals surface area (Å²) in [4.78, 5) is 24.4. The van der Waals surface area contributed by atoms with Crippen molar-refractivity contribution in [3.05, 3.63) is 0 Å². The molecule has 0 aromatic carbocycles. The molecule has 2 N–H and O–H groups in total. The van der Waals surface area contributed by atoms with Gasteiger partial charge in [0.25, 0.3) is 0 Å². The Morgan fingerprint density at radius 2 is 1.82 bits per heavy atom. The number of hydrogen-bond donors (Lipinski definition) is 2. The lowest BCUT2D eigenvalue weighted by atomic mass is 10.1. The molecule has 5 nitrogen and oxygen atoms in total. The second-order valence-corrected chi connectivity index (χ2v) is 4.53. The molecule has 0 aromatic heterocycles. The number of carbonyl (C=O) groups excluding carboxylic acids is 1. The number of nitrogens with zero attached hydrogens (tertiary/aromatic N) is 1. The van der Waals surface area contributed by atoms with E-state index in [1.165, 1.54) is 12.8 Å². The zero-order chi connectivity index (χ0) is 12.7. The standard InChI is InChI=1S/C12H22N2O3/c1-2-10(11(15)16)9-13-12(17)14-7-5-3-4-6-8-14/h10H,2-9H2,1H3,(H,13,17)(H,15,16). The Balaban J connectivity index is 2.34. The molecule has 1 atom stereocenters. The van der Waals surface area contributed by atoms with Gasteiger partial charge in [0.05, 0.1) is 5.92 Å². The van der Waals surface area contributed by atoms with Crippen molar-refractivity contribution in [3.8, 4) is 0 Å². The summed E-state index contributed by atoms with van der Waals surface area (Å²) in [5, 5.41) is 11.6. The van der Waals surface area contributed by atoms with Gasteiger partial charge in [0.15, 0.2) is 0 Å². The van der Waals surface area contributed by atoms with E-state index in [-0.39, 0.29) is 12.6 Å². The lowest BCUT2D eigenvalue weighted by Gasteiger charge is -2.21. The van der Waals surface area contributed by atoms with Gasteiger partial charge in [0.1, 0.15) is 0 Å². The van der Waals surface area contributed by atoms with Crippen molar-refractivity contribution in [2.24, 2.45) is 5.92 Å². The highest BCUT2D eigenvalue weighted by atomic mass is 16.4. The first-order valence-electron chi connectivity index (χ1n) is 6.40. The molecular weight excluding hydrogens is 220 g/mol. The summed E-state index contributed by atoms with van der Waals surface area (Å²) < 4.78 is 0. The molecule has 2 amide bonds. The van der Waals surface area contributed by atoms with Crippen LogP contribution < -0.4 is 5.32 Å². The van der Waals surface area contributed by atoms with Crippen molar-refractivity contribution in [3.63, 3.8) is 0 Å². The maximum absolute atomic E-state index is 11.8. The lowest BCUT2D eigenvalue weighted by Crippen LogP contribution is -2.43. The second kappa shape index (κ2) is 7.14. The molecule has 1 unspecified atom stereocenters. The van der Waals surface area contributed by atoms with Gasteiger partial charge in [0.2, 0.25) is 0 Å². The Morgan fingerprint density at radius 3 is 2.29 bits per heavy atom. The van der Waals surface area contributed by atoms with Crippen LogP contribution in [0, 0.1) is 5.92 Å². The monoisotopic (exact) mass is 242 g/mol. The highest BCUT2D eigenvalue weighted by Gasteiger charge is 2.19. The maximum Gasteiger partial charge on any atom is 0.317 e. The van der Waals surface area contributed by atoms with E-state index in [4.69, 9.17) is 5.11 Å². The van der Waals surface area contributed by atoms with Crippen LogP contribution in [0.15, 0.2) is 0 Å². The normalized spacial score (nSPS) is 18.3. The first-order chi connectivity index (χ1) is 8.15. The fourth-order valence-corrected chi connectivity index (χ4v) is 2.00. The largest absolute Gasteiger partial charge is 0.481 e. The number of carbonyl (C=O) groups is 2. The summed E-state index contributed by atoms with van der Waals surface area (Å²) in [5.41, 5.74) is 0. The van der Waals surface area contributed by atoms with Gasteiger partial charge in [-0.1, -0.05) is 19.8 Å². The van der Waals surface area contributed by atoms with Gasteiger partial charge in [-0.15, -0.1) is 0 Å². The fourth-order valence-electron chi connectivity index (χ4n) is 2.00. The molecule has 0 radical (unpaired) electrons. The van der Waals surface area contributed by atoms with Crippen LogP contribution in [0.2, 0.25) is 0 Å². The van der Waals surface area contributed by atoms with Gasteiger partial charge in [-0.2, -0.15) is 0 Å². The quantitative estimate of drug-likeness (QED) is 0.788. The Kier molecular flexibility index (Phi) is 5.80. The van der Waals surface area contributed by atoms with Crippen LogP contribution in [0.1, 0.15) is 39.0 Å². The van der Waals surface area contributed by atoms with Crippen LogP contribution >= 0.6 is 0 Å². The highest BCUT2D eigenvalue weighted by molar-refractivity contribution is 5.76. The molecule has 5 heteroatoms. The molecule has 98 valence electrons. The minimum absolute atomic E-state index is 0.119. The second-order valence-electron chi connectivity index (χ2n) is 4.53. The summed E-state index contributed by atoms with van der Waals surface area (Å²) in [6.45, 7) is 3.61. The summed E-state index contributed by atoms with van der Waals surface area (Å²) in [6, 6.07) is -0.119. The summed E-state index contributed by atoms with van der Waals surface area (Å²) >= 11 is 0. The van der Waals surface area contributed by atoms with E-state index < -0.39 is 11.9 Å². The average Bonchev–Trinajstić information content (AvgIpc) is 2.57. The number of likely N-dealkylation sites (tertiary alicyclic amines) is 1. The number of nitrogens with one attached hydrogen (secondary N) is 1. The van der Waals surface area contributed by atoms with E-state index >= 15 is 0 Å². The molecule has 1 heterocycles. The van der Waals surface area contributed by atoms with Crippen LogP contribution in [0.4, 0.5) is 4.79 Å². The van der Waals surface area contributed by atoms with Gasteiger partial charge < -0.3 is 15.3 Å². The Morgan fingerprint density at radius 1 is 1.24 bits per heavy atom. The molecule has 0 saturated carbocycles. The molecule has 17 heavy (non-hydrogen) atoms. The molecule has 1 aliphatic heterocycles. The molecule has 0 aromatic rings. The number of rotatable bonds is 4. The third-order valence-electron chi connectivity index (χ3n) is 3.24. The van der Waals surface area contributed by atoms with E-state index in [0.29, 0.717) is 6.42 Å². The van der Waals surface area contributed by atoms with E-state index in [0.717, 1.165) is 25.9 Å². The maximum atomic E-state index is 11.8. The molecule has 0 aliphatic carbocycles. The first kappa shape index (κ1) is 13.8. The number of carboxylic acids is 1. The van der Waals surface area contributed by atoms with Crippen molar-refractivity contribution in [2.75, 3.05) is 19.6 Å². The van der Waals surface area contributed by atoms with Crippen LogP contribution in [-0.4, -0.2) is 41.6 Å². The predicted molar refractivity (Wildman–Crippen MR) is 64.9 cm³/mol. The van der Waals surface area contributed by atoms with E-state index in [9.17, 15) is 9.59 Å². The summed E-state index contributed by atoms with van der Waals surface area (Å²) in [5.74, 6) is -1.32. The van der Waals surface area contributed by atoms with Crippen LogP contribution in [0.3, 0.4) is 0 Å². The smallest absolute Gasteiger partial charge is 0.317 e. The molecule has 1 rings (SSSR count). The Hall–Kier alpha value is -1.26. The topological polar surface area (TPSA) is 69.6 Å². The van der Waals surface area contributed by atoms with Crippen molar-refractivity contribution in [2.45, 2.75) is 39.0 Å². The first-order valence-corrected chi connectivity index (χ1v) is 6.40. The molecule has 0 spiro atoms. The van der Waals surface area contributed by atoms with Crippen molar-refractivity contribution in [1.29, 1.82) is 0 Å². The van der Waals surface area contributed by atoms with Crippen molar-refractivity contribution >= 4 is 12.0 Å². The lowest BCUT2D eigenvalue weighted by molar-refractivity contribution is -0.141. The minimum atomic E-state index is -0.844. The average molecular weight is 242 g/mol. The Bertz CT molecular complexity index is 260. The number of aliphatic carboxylic acids is 1. The zero-order valence-corrected chi connectivity index (χ0v) is 10.4. The number of urea groups is 1. The van der Waals surface area contributed by atoms with Crippen LogP contribution in [0.25, 0.3) is 0 Å². The molecule has 1 fully saturated rings. The zero-order valence-electron chi connectivity index (χ0n) is 10.4. The van der Waals surface area contributed by atoms with E-state index in [1.807, 2.05) is 6.92 Å². The number of amides is 2.